The van der Waals surface area contributed by atoms with Gasteiger partial charge in [-0.3, -0.25) is 4.90 Å². The van der Waals surface area contributed by atoms with Gasteiger partial charge in [0.15, 0.2) is 0 Å². The van der Waals surface area contributed by atoms with E-state index in [-0.39, 0.29) is 29.5 Å². The first kappa shape index (κ1) is 30.9. The molecular formula is C28H38F3N5O4S. The van der Waals surface area contributed by atoms with Crippen LogP contribution >= 0.6 is 10.0 Å². The molecule has 2 aromatic heterocycles. The first-order chi connectivity index (χ1) is 19.4. The van der Waals surface area contributed by atoms with Crippen molar-refractivity contribution in [3.05, 3.63) is 47.8 Å². The maximum absolute atomic E-state index is 14.1. The van der Waals surface area contributed by atoms with Crippen LogP contribution < -0.4 is 15.4 Å². The molecule has 0 atom stereocenters. The fraction of sp³-hybridized carbons (Fsp3) is 0.500. The number of rotatable bonds is 11. The average molecular weight is 598 g/mol. The maximum Gasteiger partial charge on any atom is 0.418 e. The summed E-state index contributed by atoms with van der Waals surface area (Å²) in [5, 5.41) is 5.48. The number of hydrogen-bond donors (Lipinski definition) is 2. The Bertz CT molecular complexity index is 1340. The summed E-state index contributed by atoms with van der Waals surface area (Å²) in [6.45, 7) is 6.46. The Labute approximate surface area is 239 Å². The van der Waals surface area contributed by atoms with Crippen molar-refractivity contribution in [3.63, 3.8) is 0 Å². The van der Waals surface area contributed by atoms with Gasteiger partial charge in [0.25, 0.3) is 0 Å². The summed E-state index contributed by atoms with van der Waals surface area (Å²) < 4.78 is 60.5. The molecule has 1 fully saturated rings. The van der Waals surface area contributed by atoms with Crippen molar-refractivity contribution < 1.29 is 32.2 Å². The van der Waals surface area contributed by atoms with Crippen LogP contribution in [0.1, 0.15) is 11.1 Å². The zero-order chi connectivity index (χ0) is 29.6. The van der Waals surface area contributed by atoms with Gasteiger partial charge >= 0.3 is 12.2 Å². The summed E-state index contributed by atoms with van der Waals surface area (Å²) in [4.78, 5) is 18.8. The van der Waals surface area contributed by atoms with E-state index < -0.39 is 21.8 Å². The molecule has 2 N–H and O–H groups in total. The normalized spacial score (nSPS) is 15.2. The van der Waals surface area contributed by atoms with E-state index in [1.165, 1.54) is 16.8 Å². The van der Waals surface area contributed by atoms with Crippen molar-refractivity contribution in [2.45, 2.75) is 19.8 Å². The van der Waals surface area contributed by atoms with Gasteiger partial charge in [0.05, 0.1) is 30.8 Å². The number of aromatic nitrogens is 2. The molecule has 1 aliphatic heterocycles. The number of alkyl halides is 3. The van der Waals surface area contributed by atoms with Crippen molar-refractivity contribution in [3.8, 4) is 11.5 Å². The number of halogens is 3. The number of nitrogens with zero attached hydrogens (tertiary/aromatic N) is 3. The minimum Gasteiger partial charge on any atom is -0.456 e. The van der Waals surface area contributed by atoms with Gasteiger partial charge < -0.3 is 29.4 Å². The lowest BCUT2D eigenvalue weighted by Crippen LogP contribution is -2.42. The Balaban J connectivity index is 1.45. The van der Waals surface area contributed by atoms with E-state index in [1.54, 1.807) is 25.1 Å². The first-order valence-corrected chi connectivity index (χ1v) is 16.4. The van der Waals surface area contributed by atoms with Crippen LogP contribution in [0, 0.1) is 6.92 Å². The smallest absolute Gasteiger partial charge is 0.418 e. The molecule has 13 heteroatoms. The van der Waals surface area contributed by atoms with Gasteiger partial charge in [0.2, 0.25) is 0 Å². The second-order valence-corrected chi connectivity index (χ2v) is 15.4. The van der Waals surface area contributed by atoms with Crippen LogP contribution in [0.2, 0.25) is 0 Å². The van der Waals surface area contributed by atoms with E-state index in [0.717, 1.165) is 31.6 Å². The van der Waals surface area contributed by atoms with E-state index >= 15 is 0 Å². The number of morpholine rings is 1. The predicted octanol–water partition coefficient (Wildman–Crippen LogP) is 5.28. The van der Waals surface area contributed by atoms with Crippen LogP contribution in [0.5, 0.6) is 11.5 Å². The fourth-order valence-corrected chi connectivity index (χ4v) is 4.96. The Hall–Kier alpha value is -3.00. The third kappa shape index (κ3) is 8.74. The molecule has 2 amide bonds. The quantitative estimate of drug-likeness (QED) is 0.293. The third-order valence-corrected chi connectivity index (χ3v) is 7.96. The maximum atomic E-state index is 14.1. The summed E-state index contributed by atoms with van der Waals surface area (Å²) in [6, 6.07) is 6.04. The second-order valence-electron chi connectivity index (χ2n) is 10.8. The number of amides is 2. The molecule has 3 heterocycles. The summed E-state index contributed by atoms with van der Waals surface area (Å²) in [5.74, 6) is 1.24. The highest BCUT2D eigenvalue weighted by Gasteiger charge is 2.36. The van der Waals surface area contributed by atoms with Crippen LogP contribution in [-0.2, 0) is 22.4 Å². The number of hydrogen-bond acceptors (Lipinski definition) is 6. The molecule has 0 radical (unpaired) electrons. The number of ether oxygens (including phenoxy) is 3. The predicted molar refractivity (Wildman–Crippen MR) is 156 cm³/mol. The van der Waals surface area contributed by atoms with Crippen molar-refractivity contribution in [1.29, 1.82) is 0 Å². The number of carbonyl (C=O) groups is 1. The van der Waals surface area contributed by atoms with Crippen LogP contribution in [0.15, 0.2) is 36.7 Å². The number of anilines is 1. The second kappa shape index (κ2) is 13.3. The van der Waals surface area contributed by atoms with Gasteiger partial charge in [-0.15, -0.1) is 0 Å². The van der Waals surface area contributed by atoms with E-state index in [1.807, 2.05) is 0 Å². The Morgan fingerprint density at radius 2 is 1.90 bits per heavy atom. The van der Waals surface area contributed by atoms with Crippen LogP contribution in [0.4, 0.5) is 23.7 Å². The molecule has 0 unspecified atom stereocenters. The topological polar surface area (TPSA) is 89.9 Å². The Morgan fingerprint density at radius 1 is 1.15 bits per heavy atom. The van der Waals surface area contributed by atoms with Gasteiger partial charge in [0.1, 0.15) is 23.9 Å². The molecule has 226 valence electrons. The third-order valence-electron chi connectivity index (χ3n) is 6.56. The minimum atomic E-state index is -4.61. The molecule has 41 heavy (non-hydrogen) atoms. The lowest BCUT2D eigenvalue weighted by molar-refractivity contribution is -0.136. The molecule has 1 saturated heterocycles. The highest BCUT2D eigenvalue weighted by atomic mass is 32.3. The number of aryl methyl sites for hydroxylation is 1. The standard InChI is InChI=1S/C28H38F3N5O4S/c1-20-17-21(34-27(37)33-9-10-35-11-13-38-14-12-35)5-6-23(20)40-24-7-8-32-26-25(24)22(28(29,30)31)18-36(26)19-39-15-16-41(2,3)4/h5-8,17-18H,9-16,19H2,1-4H3,(H2,33,34,37). The van der Waals surface area contributed by atoms with Crippen molar-refractivity contribution >= 4 is 32.8 Å². The van der Waals surface area contributed by atoms with E-state index in [2.05, 4.69) is 39.3 Å². The van der Waals surface area contributed by atoms with E-state index in [9.17, 15) is 18.0 Å². The zero-order valence-electron chi connectivity index (χ0n) is 23.8. The highest BCUT2D eigenvalue weighted by Crippen LogP contribution is 2.41. The molecule has 0 aliphatic carbocycles. The van der Waals surface area contributed by atoms with Crippen LogP contribution in [0.3, 0.4) is 0 Å². The Kier molecular flexibility index (Phi) is 10.1. The molecule has 0 saturated carbocycles. The fourth-order valence-electron chi connectivity index (χ4n) is 4.34. The number of benzene rings is 1. The molecule has 1 aliphatic rings. The van der Waals surface area contributed by atoms with E-state index in [0.29, 0.717) is 43.4 Å². The van der Waals surface area contributed by atoms with Crippen molar-refractivity contribution in [2.75, 3.05) is 75.8 Å². The molecule has 0 bridgehead atoms. The van der Waals surface area contributed by atoms with Gasteiger partial charge in [0, 0.05) is 50.0 Å². The van der Waals surface area contributed by atoms with Crippen molar-refractivity contribution in [2.24, 2.45) is 0 Å². The first-order valence-electron chi connectivity index (χ1n) is 13.3. The monoisotopic (exact) mass is 597 g/mol. The van der Waals surface area contributed by atoms with Gasteiger partial charge in [-0.25, -0.2) is 19.8 Å². The van der Waals surface area contributed by atoms with Crippen molar-refractivity contribution in [1.82, 2.24) is 19.8 Å². The number of pyridine rings is 1. The molecular weight excluding hydrogens is 559 g/mol. The number of urea groups is 1. The number of nitrogens with one attached hydrogen (secondary N) is 2. The average Bonchev–Trinajstić information content (AvgIpc) is 3.28. The molecule has 0 spiro atoms. The lowest BCUT2D eigenvalue weighted by atomic mass is 10.2. The summed E-state index contributed by atoms with van der Waals surface area (Å²) in [5.41, 5.74) is 0.463. The molecule has 4 rings (SSSR count). The van der Waals surface area contributed by atoms with Crippen LogP contribution in [-0.4, -0.2) is 91.0 Å². The SMILES string of the molecule is Cc1cc(NC(=O)NCCN2CCOCC2)ccc1Oc1ccnc2c1c(C(F)(F)F)cn2COCCS(C)(C)C. The lowest BCUT2D eigenvalue weighted by Gasteiger charge is -2.26. The summed E-state index contributed by atoms with van der Waals surface area (Å²) in [6.07, 6.45) is 4.29. The highest BCUT2D eigenvalue weighted by molar-refractivity contribution is 8.32. The molecule has 3 aromatic rings. The van der Waals surface area contributed by atoms with Gasteiger partial charge in [-0.05, 0) is 55.5 Å². The van der Waals surface area contributed by atoms with Gasteiger partial charge in [-0.2, -0.15) is 13.2 Å². The number of fused-ring (bicyclic) bond motifs is 1. The van der Waals surface area contributed by atoms with E-state index in [4.69, 9.17) is 14.2 Å². The Morgan fingerprint density at radius 3 is 2.59 bits per heavy atom. The number of carbonyl (C=O) groups excluding carboxylic acids is 1. The largest absolute Gasteiger partial charge is 0.456 e. The zero-order valence-corrected chi connectivity index (χ0v) is 24.7. The minimum absolute atomic E-state index is 0.0323. The molecule has 1 aromatic carbocycles. The summed E-state index contributed by atoms with van der Waals surface area (Å²) >= 11 is 0. The van der Waals surface area contributed by atoms with Gasteiger partial charge in [-0.1, -0.05) is 0 Å². The molecule has 9 nitrogen and oxygen atoms in total. The van der Waals surface area contributed by atoms with Crippen LogP contribution in [0.25, 0.3) is 11.0 Å². The summed E-state index contributed by atoms with van der Waals surface area (Å²) in [7, 11) is -0.785.